The number of piperazine rings is 1. The van der Waals surface area contributed by atoms with Crippen LogP contribution in [0, 0.1) is 5.92 Å². The molecule has 0 spiro atoms. The fraction of sp³-hybridized carbons (Fsp3) is 0.684. The van der Waals surface area contributed by atoms with Gasteiger partial charge in [0.1, 0.15) is 5.69 Å². The molecule has 1 saturated heterocycles. The fourth-order valence-corrected chi connectivity index (χ4v) is 3.32. The number of likely N-dealkylation sites (N-methyl/N-ethyl adjacent to an activating group) is 1. The van der Waals surface area contributed by atoms with Crippen LogP contribution in [0.1, 0.15) is 38.4 Å². The number of hydrogen-bond acceptors (Lipinski definition) is 8. The van der Waals surface area contributed by atoms with Gasteiger partial charge in [0.15, 0.2) is 5.82 Å². The number of alkyl halides is 3. The van der Waals surface area contributed by atoms with Crippen molar-refractivity contribution in [2.24, 2.45) is 5.92 Å². The lowest BCUT2D eigenvalue weighted by atomic mass is 10.0. The van der Waals surface area contributed by atoms with E-state index in [0.717, 1.165) is 19.0 Å². The van der Waals surface area contributed by atoms with Gasteiger partial charge in [-0.2, -0.15) is 13.2 Å². The number of halogens is 3. The van der Waals surface area contributed by atoms with Crippen LogP contribution in [0.4, 0.5) is 24.7 Å². The van der Waals surface area contributed by atoms with E-state index < -0.39 is 23.8 Å². The molecule has 32 heavy (non-hydrogen) atoms. The molecule has 1 aliphatic heterocycles. The molecule has 1 aromatic heterocycles. The number of nitrogens with zero attached hydrogens (tertiary/aromatic N) is 5. The summed E-state index contributed by atoms with van der Waals surface area (Å²) in [5.41, 5.74) is 5.23. The third-order valence-electron chi connectivity index (χ3n) is 5.23. The van der Waals surface area contributed by atoms with Crippen LogP contribution in [0.15, 0.2) is 6.20 Å². The summed E-state index contributed by atoms with van der Waals surface area (Å²) in [7, 11) is 1.95. The zero-order chi connectivity index (χ0) is 23.7. The van der Waals surface area contributed by atoms with Crippen molar-refractivity contribution < 1.29 is 28.0 Å². The minimum Gasteiger partial charge on any atom is -0.365 e. The number of carbonyl (C=O) groups excluding carboxylic acids is 2. The molecule has 13 heteroatoms. The Hall–Kier alpha value is -2.67. The van der Waals surface area contributed by atoms with E-state index in [-0.39, 0.29) is 18.8 Å². The normalized spacial score (nSPS) is 15.9. The monoisotopic (exact) mass is 461 g/mol. The highest BCUT2D eigenvalue weighted by molar-refractivity contribution is 5.81. The molecular weight excluding hydrogens is 431 g/mol. The summed E-state index contributed by atoms with van der Waals surface area (Å²) in [4.78, 5) is 34.4. The lowest BCUT2D eigenvalue weighted by molar-refractivity contribution is -0.154. The molecule has 2 rings (SSSR count). The molecule has 2 heterocycles. The van der Waals surface area contributed by atoms with Gasteiger partial charge in [-0.1, -0.05) is 26.2 Å². The van der Waals surface area contributed by atoms with E-state index >= 15 is 0 Å². The van der Waals surface area contributed by atoms with Crippen molar-refractivity contribution in [2.45, 2.75) is 38.8 Å². The Morgan fingerprint density at radius 1 is 1.31 bits per heavy atom. The zero-order valence-corrected chi connectivity index (χ0v) is 18.2. The third kappa shape index (κ3) is 7.48. The van der Waals surface area contributed by atoms with Gasteiger partial charge >= 0.3 is 6.18 Å². The number of aromatic nitrogens is 2. The van der Waals surface area contributed by atoms with E-state index in [2.05, 4.69) is 25.7 Å². The second-order valence-electron chi connectivity index (χ2n) is 7.75. The number of hydroxylamine groups is 2. The van der Waals surface area contributed by atoms with Crippen LogP contribution in [-0.4, -0.2) is 77.2 Å². The maximum absolute atomic E-state index is 13.1. The minimum atomic E-state index is -4.74. The smallest absolute Gasteiger partial charge is 0.365 e. The van der Waals surface area contributed by atoms with Crippen LogP contribution in [0.3, 0.4) is 0 Å². The maximum atomic E-state index is 13.1. The first-order valence-corrected chi connectivity index (χ1v) is 10.5. The highest BCUT2D eigenvalue weighted by Crippen LogP contribution is 2.31. The van der Waals surface area contributed by atoms with Gasteiger partial charge in [0.05, 0.1) is 18.7 Å². The van der Waals surface area contributed by atoms with Crippen molar-refractivity contribution in [3.63, 3.8) is 0 Å². The van der Waals surface area contributed by atoms with Crippen LogP contribution < -0.4 is 15.8 Å². The lowest BCUT2D eigenvalue weighted by Crippen LogP contribution is -2.45. The fourth-order valence-electron chi connectivity index (χ4n) is 3.32. The Kier molecular flexibility index (Phi) is 9.44. The summed E-state index contributed by atoms with van der Waals surface area (Å²) in [5.74, 6) is -2.82. The second-order valence-corrected chi connectivity index (χ2v) is 7.75. The Labute approximate surface area is 184 Å². The van der Waals surface area contributed by atoms with E-state index in [1.54, 1.807) is 0 Å². The number of carbonyl (C=O) groups is 2. The van der Waals surface area contributed by atoms with Crippen molar-refractivity contribution in [2.75, 3.05) is 50.1 Å². The minimum absolute atomic E-state index is 0.172. The molecule has 0 unspecified atom stereocenters. The first-order valence-electron chi connectivity index (χ1n) is 10.5. The highest BCUT2D eigenvalue weighted by atomic mass is 19.4. The van der Waals surface area contributed by atoms with Gasteiger partial charge in [-0.05, 0) is 13.5 Å². The topological polar surface area (TPSA) is 114 Å². The largest absolute Gasteiger partial charge is 0.451 e. The Morgan fingerprint density at radius 2 is 2.00 bits per heavy atom. The Balaban J connectivity index is 2.18. The molecule has 0 radical (unpaired) electrons. The number of rotatable bonds is 11. The third-order valence-corrected chi connectivity index (χ3v) is 5.23. The summed E-state index contributed by atoms with van der Waals surface area (Å²) >= 11 is 0. The quantitative estimate of drug-likeness (QED) is 0.198. The van der Waals surface area contributed by atoms with Crippen molar-refractivity contribution in [3.8, 4) is 0 Å². The van der Waals surface area contributed by atoms with E-state index in [9.17, 15) is 28.0 Å². The molecule has 1 aromatic rings. The molecule has 0 bridgehead atoms. The maximum Gasteiger partial charge on any atom is 0.451 e. The second kappa shape index (κ2) is 11.8. The van der Waals surface area contributed by atoms with Crippen molar-refractivity contribution in [1.29, 1.82) is 0 Å². The standard InChI is InChI=1S/C19H30F3N7O3/c1-3-4-5-6-14(12-29(32)13-30)17(31)26-25-16-15(28-9-7-27(2)8-10-28)11-23-18(24-16)19(20,21)22/h11,13-14,32H,3-10,12H2,1-2H3,(H,26,31)(H,23,24,25)/t14-/m1/s1. The Morgan fingerprint density at radius 3 is 2.59 bits per heavy atom. The first-order chi connectivity index (χ1) is 15.2. The number of hydrazine groups is 1. The average Bonchev–Trinajstić information content (AvgIpc) is 2.76. The predicted octanol–water partition coefficient (Wildman–Crippen LogP) is 1.73. The van der Waals surface area contributed by atoms with Crippen molar-refractivity contribution in [1.82, 2.24) is 25.4 Å². The van der Waals surface area contributed by atoms with Gasteiger partial charge in [-0.25, -0.2) is 15.0 Å². The molecule has 0 saturated carbocycles. The van der Waals surface area contributed by atoms with Crippen LogP contribution in [0.25, 0.3) is 0 Å². The summed E-state index contributed by atoms with van der Waals surface area (Å²) in [6.07, 6.45) is -0.591. The van der Waals surface area contributed by atoms with Gasteiger partial charge in [-0.3, -0.25) is 25.6 Å². The molecule has 1 aliphatic rings. The molecule has 2 amide bonds. The van der Waals surface area contributed by atoms with E-state index in [1.165, 1.54) is 0 Å². The summed E-state index contributed by atoms with van der Waals surface area (Å²) in [6, 6.07) is 0. The zero-order valence-electron chi connectivity index (χ0n) is 18.2. The van der Waals surface area contributed by atoms with Crippen LogP contribution >= 0.6 is 0 Å². The van der Waals surface area contributed by atoms with Gasteiger partial charge in [0.2, 0.25) is 18.1 Å². The molecule has 0 aromatic carbocycles. The summed E-state index contributed by atoms with van der Waals surface area (Å²) < 4.78 is 39.4. The van der Waals surface area contributed by atoms with E-state index in [4.69, 9.17) is 0 Å². The molecule has 180 valence electrons. The number of amides is 2. The average molecular weight is 461 g/mol. The number of unbranched alkanes of at least 4 members (excludes halogenated alkanes) is 2. The van der Waals surface area contributed by atoms with Gasteiger partial charge < -0.3 is 9.80 Å². The van der Waals surface area contributed by atoms with Crippen LogP contribution in [0.2, 0.25) is 0 Å². The number of hydrogen-bond donors (Lipinski definition) is 3. The first kappa shape index (κ1) is 25.6. The number of nitrogens with one attached hydrogen (secondary N) is 2. The number of anilines is 2. The van der Waals surface area contributed by atoms with Crippen molar-refractivity contribution in [3.05, 3.63) is 12.0 Å². The highest BCUT2D eigenvalue weighted by Gasteiger charge is 2.36. The predicted molar refractivity (Wildman–Crippen MR) is 111 cm³/mol. The molecular formula is C19H30F3N7O3. The summed E-state index contributed by atoms with van der Waals surface area (Å²) in [6.45, 7) is 4.31. The van der Waals surface area contributed by atoms with Crippen LogP contribution in [-0.2, 0) is 15.8 Å². The Bertz CT molecular complexity index is 758. The molecule has 1 atom stereocenters. The molecule has 1 fully saturated rings. The van der Waals surface area contributed by atoms with Crippen molar-refractivity contribution >= 4 is 23.8 Å². The van der Waals surface area contributed by atoms with Gasteiger partial charge in [0, 0.05) is 26.2 Å². The lowest BCUT2D eigenvalue weighted by Gasteiger charge is -2.34. The van der Waals surface area contributed by atoms with E-state index in [1.807, 2.05) is 18.9 Å². The molecule has 0 aliphatic carbocycles. The SMILES string of the molecule is CCCCC[C@H](CN(O)C=O)C(=O)NNc1nc(C(F)(F)F)ncc1N1CCN(C)CC1. The van der Waals surface area contributed by atoms with Gasteiger partial charge in [0.25, 0.3) is 0 Å². The molecule has 3 N–H and O–H groups in total. The van der Waals surface area contributed by atoms with Crippen LogP contribution in [0.5, 0.6) is 0 Å². The summed E-state index contributed by atoms with van der Waals surface area (Å²) in [5, 5.41) is 9.86. The van der Waals surface area contributed by atoms with Gasteiger partial charge in [-0.15, -0.1) is 0 Å². The molecule has 10 nitrogen and oxygen atoms in total. The van der Waals surface area contributed by atoms with E-state index in [0.29, 0.717) is 49.8 Å².